The predicted molar refractivity (Wildman–Crippen MR) is 108 cm³/mol. The first-order chi connectivity index (χ1) is 14.9. The minimum atomic E-state index is -4.73. The highest BCUT2D eigenvalue weighted by molar-refractivity contribution is 7.91. The molecule has 0 aliphatic heterocycles. The van der Waals surface area contributed by atoms with E-state index in [-0.39, 0.29) is 18.3 Å². The molecule has 1 saturated carbocycles. The number of halogens is 5. The van der Waals surface area contributed by atoms with Crippen LogP contribution in [0.25, 0.3) is 0 Å². The van der Waals surface area contributed by atoms with Gasteiger partial charge >= 0.3 is 11.9 Å². The van der Waals surface area contributed by atoms with Crippen molar-refractivity contribution in [1.82, 2.24) is 4.90 Å². The van der Waals surface area contributed by atoms with Gasteiger partial charge in [-0.3, -0.25) is 9.69 Å². The molecule has 1 N–H and O–H groups in total. The Morgan fingerprint density at radius 1 is 1.12 bits per heavy atom. The van der Waals surface area contributed by atoms with Gasteiger partial charge in [-0.2, -0.15) is 22.0 Å². The Morgan fingerprint density at radius 3 is 2.28 bits per heavy atom. The normalized spacial score (nSPS) is 15.8. The largest absolute Gasteiger partial charge is 0.416 e. The van der Waals surface area contributed by atoms with E-state index in [4.69, 9.17) is 0 Å². The molecular weight excluding hydrogens is 455 g/mol. The third-order valence-electron chi connectivity index (χ3n) is 5.24. The van der Waals surface area contributed by atoms with Crippen LogP contribution in [0.15, 0.2) is 53.4 Å². The fourth-order valence-electron chi connectivity index (χ4n) is 3.35. The van der Waals surface area contributed by atoms with Gasteiger partial charge in [-0.15, -0.1) is 0 Å². The van der Waals surface area contributed by atoms with E-state index in [1.807, 2.05) is 0 Å². The van der Waals surface area contributed by atoms with Gasteiger partial charge in [0.25, 0.3) is 0 Å². The molecule has 0 aromatic heterocycles. The number of amides is 1. The second kappa shape index (κ2) is 9.14. The molecule has 1 amide bonds. The standard InChI is InChI=1S/C21H21F5N2O3S/c1-13(14-3-2-4-15(11-14)21(24,25)26)28(17-7-8-17)12-19(29)27-16-5-9-18(10-6-16)32(30,31)20(22)23/h2-6,9-11,13,17,20H,7-8,12H2,1H3,(H,27,29). The number of alkyl halides is 5. The first-order valence-electron chi connectivity index (χ1n) is 9.74. The molecular formula is C21H21F5N2O3S. The number of sulfone groups is 1. The van der Waals surface area contributed by atoms with Gasteiger partial charge < -0.3 is 5.32 Å². The molecule has 11 heteroatoms. The average Bonchev–Trinajstić information content (AvgIpc) is 3.56. The highest BCUT2D eigenvalue weighted by Crippen LogP contribution is 2.36. The Hall–Kier alpha value is -2.53. The molecule has 1 aliphatic rings. The van der Waals surface area contributed by atoms with E-state index in [9.17, 15) is 35.2 Å². The van der Waals surface area contributed by atoms with Crippen LogP contribution in [-0.4, -0.2) is 37.6 Å². The second-order valence-electron chi connectivity index (χ2n) is 7.58. The summed E-state index contributed by atoms with van der Waals surface area (Å²) in [5, 5.41) is 2.56. The minimum absolute atomic E-state index is 0.0591. The van der Waals surface area contributed by atoms with Crippen LogP contribution in [0.2, 0.25) is 0 Å². The van der Waals surface area contributed by atoms with Crippen LogP contribution in [0.4, 0.5) is 27.6 Å². The Kier molecular flexibility index (Phi) is 6.89. The Balaban J connectivity index is 1.70. The van der Waals surface area contributed by atoms with Crippen molar-refractivity contribution in [3.8, 4) is 0 Å². The summed E-state index contributed by atoms with van der Waals surface area (Å²) in [6, 6.07) is 8.92. The van der Waals surface area contributed by atoms with Gasteiger partial charge in [-0.1, -0.05) is 12.1 Å². The molecule has 5 nitrogen and oxygen atoms in total. The topological polar surface area (TPSA) is 66.5 Å². The molecule has 0 heterocycles. The van der Waals surface area contributed by atoms with Crippen LogP contribution in [0.1, 0.15) is 36.9 Å². The molecule has 0 spiro atoms. The monoisotopic (exact) mass is 476 g/mol. The summed E-state index contributed by atoms with van der Waals surface area (Å²) in [5.74, 6) is -4.01. The average molecular weight is 476 g/mol. The lowest BCUT2D eigenvalue weighted by atomic mass is 10.0. The summed E-state index contributed by atoms with van der Waals surface area (Å²) in [4.78, 5) is 13.8. The fraction of sp³-hybridized carbons (Fsp3) is 0.381. The maximum atomic E-state index is 13.0. The SMILES string of the molecule is CC(c1cccc(C(F)(F)F)c1)N(CC(=O)Nc1ccc(S(=O)(=O)C(F)F)cc1)C1CC1. The molecule has 2 aromatic carbocycles. The van der Waals surface area contributed by atoms with Gasteiger partial charge in [-0.25, -0.2) is 8.42 Å². The van der Waals surface area contributed by atoms with Crippen molar-refractivity contribution in [2.75, 3.05) is 11.9 Å². The van der Waals surface area contributed by atoms with Crippen molar-refractivity contribution in [2.24, 2.45) is 0 Å². The highest BCUT2D eigenvalue weighted by Gasteiger charge is 2.36. The molecule has 174 valence electrons. The summed E-state index contributed by atoms with van der Waals surface area (Å²) in [6.07, 6.45) is -2.84. The third-order valence-corrected chi connectivity index (χ3v) is 6.64. The zero-order valence-electron chi connectivity index (χ0n) is 16.9. The van der Waals surface area contributed by atoms with Crippen molar-refractivity contribution in [2.45, 2.75) is 48.7 Å². The molecule has 3 rings (SSSR count). The van der Waals surface area contributed by atoms with Crippen LogP contribution >= 0.6 is 0 Å². The molecule has 1 fully saturated rings. The summed E-state index contributed by atoms with van der Waals surface area (Å²) in [6.45, 7) is 1.63. The maximum absolute atomic E-state index is 13.0. The summed E-state index contributed by atoms with van der Waals surface area (Å²) in [7, 11) is -4.73. The zero-order valence-corrected chi connectivity index (χ0v) is 17.8. The minimum Gasteiger partial charge on any atom is -0.325 e. The summed E-state index contributed by atoms with van der Waals surface area (Å²) < 4.78 is 87.3. The molecule has 1 atom stereocenters. The van der Waals surface area contributed by atoms with E-state index >= 15 is 0 Å². The number of hydrogen-bond donors (Lipinski definition) is 1. The number of carbonyl (C=O) groups excluding carboxylic acids is 1. The number of nitrogens with zero attached hydrogens (tertiary/aromatic N) is 1. The highest BCUT2D eigenvalue weighted by atomic mass is 32.2. The van der Waals surface area contributed by atoms with E-state index in [0.29, 0.717) is 5.56 Å². The number of nitrogens with one attached hydrogen (secondary N) is 1. The number of anilines is 1. The number of carbonyl (C=O) groups is 1. The van der Waals surface area contributed by atoms with E-state index in [1.54, 1.807) is 17.9 Å². The van der Waals surface area contributed by atoms with Gasteiger partial charge in [0.1, 0.15) is 0 Å². The van der Waals surface area contributed by atoms with E-state index in [2.05, 4.69) is 5.32 Å². The van der Waals surface area contributed by atoms with Crippen molar-refractivity contribution in [3.63, 3.8) is 0 Å². The van der Waals surface area contributed by atoms with Crippen LogP contribution in [0.5, 0.6) is 0 Å². The van der Waals surface area contributed by atoms with Crippen LogP contribution in [0.3, 0.4) is 0 Å². The lowest BCUT2D eigenvalue weighted by molar-refractivity contribution is -0.137. The molecule has 32 heavy (non-hydrogen) atoms. The summed E-state index contributed by atoms with van der Waals surface area (Å²) in [5.41, 5.74) is -0.118. The van der Waals surface area contributed by atoms with E-state index in [0.717, 1.165) is 37.1 Å². The first kappa shape index (κ1) is 24.1. The predicted octanol–water partition coefficient (Wildman–Crippen LogP) is 4.87. The molecule has 0 radical (unpaired) electrons. The van der Waals surface area contributed by atoms with Crippen molar-refractivity contribution >= 4 is 21.4 Å². The van der Waals surface area contributed by atoms with Crippen molar-refractivity contribution in [1.29, 1.82) is 0 Å². The Labute approximate surface area is 182 Å². The molecule has 0 bridgehead atoms. The van der Waals surface area contributed by atoms with Crippen LogP contribution in [-0.2, 0) is 20.8 Å². The second-order valence-corrected chi connectivity index (χ2v) is 9.50. The first-order valence-corrected chi connectivity index (χ1v) is 11.3. The van der Waals surface area contributed by atoms with Crippen molar-refractivity contribution in [3.05, 3.63) is 59.7 Å². The third kappa shape index (κ3) is 5.63. The Morgan fingerprint density at radius 2 is 1.75 bits per heavy atom. The molecule has 2 aromatic rings. The van der Waals surface area contributed by atoms with Crippen LogP contribution in [0, 0.1) is 0 Å². The molecule has 0 saturated heterocycles. The smallest absolute Gasteiger partial charge is 0.325 e. The molecule has 1 aliphatic carbocycles. The van der Waals surface area contributed by atoms with E-state index < -0.39 is 44.2 Å². The van der Waals surface area contributed by atoms with Gasteiger partial charge in [0.05, 0.1) is 17.0 Å². The zero-order chi connectivity index (χ0) is 23.7. The Bertz CT molecular complexity index is 1070. The van der Waals surface area contributed by atoms with Crippen molar-refractivity contribution < 1.29 is 35.2 Å². The number of benzene rings is 2. The number of hydrogen-bond acceptors (Lipinski definition) is 4. The van der Waals surface area contributed by atoms with Gasteiger partial charge in [0.2, 0.25) is 15.7 Å². The van der Waals surface area contributed by atoms with Gasteiger partial charge in [0.15, 0.2) is 0 Å². The van der Waals surface area contributed by atoms with Gasteiger partial charge in [-0.05, 0) is 61.7 Å². The summed E-state index contributed by atoms with van der Waals surface area (Å²) >= 11 is 0. The quantitative estimate of drug-likeness (QED) is 0.553. The van der Waals surface area contributed by atoms with Gasteiger partial charge in [0, 0.05) is 17.8 Å². The lowest BCUT2D eigenvalue weighted by Gasteiger charge is -2.29. The van der Waals surface area contributed by atoms with Crippen LogP contribution < -0.4 is 5.32 Å². The fourth-order valence-corrected chi connectivity index (χ4v) is 4.07. The lowest BCUT2D eigenvalue weighted by Crippen LogP contribution is -2.37. The maximum Gasteiger partial charge on any atom is 0.416 e. The number of rotatable bonds is 8. The molecule has 1 unspecified atom stereocenters. The van der Waals surface area contributed by atoms with E-state index in [1.165, 1.54) is 18.2 Å².